The lowest BCUT2D eigenvalue weighted by atomic mass is 9.94. The van der Waals surface area contributed by atoms with Crippen molar-refractivity contribution < 1.29 is 4.79 Å². The third-order valence-electron chi connectivity index (χ3n) is 5.75. The molecule has 0 spiro atoms. The third kappa shape index (κ3) is 4.41. The minimum atomic E-state index is 0.147. The van der Waals surface area contributed by atoms with Gasteiger partial charge in [-0.1, -0.05) is 49.2 Å². The standard InChI is InChI=1S/C23H27N5OS/c1-17-9-6-7-13-20(17)28-22(18-10-8-14-24-15-18)25-26-23(28)30-16-21(29)27(2)19-11-4-3-5-12-19/h6-10,13-15,19H,3-5,11-12,16H2,1-2H3. The van der Waals surface area contributed by atoms with E-state index in [-0.39, 0.29) is 5.91 Å². The number of para-hydroxylation sites is 1. The number of rotatable bonds is 6. The molecule has 1 aromatic carbocycles. The molecule has 156 valence electrons. The lowest BCUT2D eigenvalue weighted by molar-refractivity contribution is -0.129. The van der Waals surface area contributed by atoms with Crippen LogP contribution in [0.4, 0.5) is 0 Å². The van der Waals surface area contributed by atoms with Crippen LogP contribution >= 0.6 is 11.8 Å². The molecule has 7 heteroatoms. The summed E-state index contributed by atoms with van der Waals surface area (Å²) in [5.41, 5.74) is 3.03. The molecule has 6 nitrogen and oxygen atoms in total. The maximum absolute atomic E-state index is 12.8. The highest BCUT2D eigenvalue weighted by Crippen LogP contribution is 2.30. The number of aromatic nitrogens is 4. The van der Waals surface area contributed by atoms with Gasteiger partial charge in [0.2, 0.25) is 5.91 Å². The summed E-state index contributed by atoms with van der Waals surface area (Å²) in [5.74, 6) is 1.23. The molecule has 1 aliphatic carbocycles. The molecule has 4 rings (SSSR count). The van der Waals surface area contributed by atoms with Crippen LogP contribution in [0.5, 0.6) is 0 Å². The number of thioether (sulfide) groups is 1. The lowest BCUT2D eigenvalue weighted by Gasteiger charge is -2.31. The maximum Gasteiger partial charge on any atom is 0.233 e. The number of benzene rings is 1. The Labute approximate surface area is 181 Å². The van der Waals surface area contributed by atoms with Gasteiger partial charge in [0.25, 0.3) is 0 Å². The van der Waals surface area contributed by atoms with Crippen LogP contribution < -0.4 is 0 Å². The highest BCUT2D eigenvalue weighted by Gasteiger charge is 2.24. The third-order valence-corrected chi connectivity index (χ3v) is 6.66. The zero-order valence-corrected chi connectivity index (χ0v) is 18.3. The van der Waals surface area contributed by atoms with Crippen LogP contribution in [0.25, 0.3) is 17.1 Å². The van der Waals surface area contributed by atoms with E-state index in [1.165, 1.54) is 31.0 Å². The quantitative estimate of drug-likeness (QED) is 0.548. The molecule has 3 aromatic rings. The summed E-state index contributed by atoms with van der Waals surface area (Å²) in [6.45, 7) is 2.07. The van der Waals surface area contributed by atoms with Crippen LogP contribution in [0, 0.1) is 6.92 Å². The van der Waals surface area contributed by atoms with Gasteiger partial charge in [-0.3, -0.25) is 14.3 Å². The molecule has 0 bridgehead atoms. The van der Waals surface area contributed by atoms with Gasteiger partial charge < -0.3 is 4.90 Å². The van der Waals surface area contributed by atoms with Crippen molar-refractivity contribution in [3.8, 4) is 17.1 Å². The molecule has 0 aliphatic heterocycles. The van der Waals surface area contributed by atoms with Crippen molar-refractivity contribution in [3.05, 3.63) is 54.4 Å². The Morgan fingerprint density at radius 2 is 1.93 bits per heavy atom. The normalized spacial score (nSPS) is 14.6. The first-order valence-corrected chi connectivity index (χ1v) is 11.4. The Bertz CT molecular complexity index is 998. The summed E-state index contributed by atoms with van der Waals surface area (Å²) in [6.07, 6.45) is 9.46. The monoisotopic (exact) mass is 421 g/mol. The van der Waals surface area contributed by atoms with Crippen molar-refractivity contribution >= 4 is 17.7 Å². The molecule has 30 heavy (non-hydrogen) atoms. The van der Waals surface area contributed by atoms with Crippen molar-refractivity contribution in [2.75, 3.05) is 12.8 Å². The fraction of sp³-hybridized carbons (Fsp3) is 0.391. The predicted octanol–water partition coefficient (Wildman–Crippen LogP) is 4.52. The number of hydrogen-bond donors (Lipinski definition) is 0. The molecule has 1 fully saturated rings. The summed E-state index contributed by atoms with van der Waals surface area (Å²) >= 11 is 1.44. The molecule has 0 radical (unpaired) electrons. The fourth-order valence-electron chi connectivity index (χ4n) is 3.98. The molecule has 0 saturated heterocycles. The van der Waals surface area contributed by atoms with Crippen LogP contribution in [-0.4, -0.2) is 49.4 Å². The van der Waals surface area contributed by atoms with Crippen LogP contribution in [0.15, 0.2) is 53.9 Å². The van der Waals surface area contributed by atoms with E-state index in [4.69, 9.17) is 0 Å². The van der Waals surface area contributed by atoms with Crippen molar-refractivity contribution in [3.63, 3.8) is 0 Å². The number of pyridine rings is 1. The molecule has 0 N–H and O–H groups in total. The smallest absolute Gasteiger partial charge is 0.233 e. The van der Waals surface area contributed by atoms with Crippen LogP contribution in [0.3, 0.4) is 0 Å². The summed E-state index contributed by atoms with van der Waals surface area (Å²) in [7, 11) is 1.94. The van der Waals surface area contributed by atoms with Gasteiger partial charge in [0.15, 0.2) is 11.0 Å². The highest BCUT2D eigenvalue weighted by molar-refractivity contribution is 7.99. The number of nitrogens with zero attached hydrogens (tertiary/aromatic N) is 5. The van der Waals surface area contributed by atoms with E-state index in [2.05, 4.69) is 34.2 Å². The van der Waals surface area contributed by atoms with E-state index in [1.807, 2.05) is 40.8 Å². The number of carbonyl (C=O) groups excluding carboxylic acids is 1. The Kier molecular flexibility index (Phi) is 6.47. The summed E-state index contributed by atoms with van der Waals surface area (Å²) in [5, 5.41) is 9.59. The molecule has 0 atom stereocenters. The van der Waals surface area contributed by atoms with E-state index >= 15 is 0 Å². The van der Waals surface area contributed by atoms with Crippen molar-refractivity contribution in [2.24, 2.45) is 0 Å². The second-order valence-electron chi connectivity index (χ2n) is 7.75. The van der Waals surface area contributed by atoms with Crippen molar-refractivity contribution in [1.82, 2.24) is 24.6 Å². The lowest BCUT2D eigenvalue weighted by Crippen LogP contribution is -2.39. The average Bonchev–Trinajstić information content (AvgIpc) is 3.22. The zero-order valence-electron chi connectivity index (χ0n) is 17.5. The second-order valence-corrected chi connectivity index (χ2v) is 8.70. The Hall–Kier alpha value is -2.67. The van der Waals surface area contributed by atoms with Crippen LogP contribution in [0.1, 0.15) is 37.7 Å². The molecule has 1 amide bonds. The molecule has 2 heterocycles. The van der Waals surface area contributed by atoms with Gasteiger partial charge >= 0.3 is 0 Å². The van der Waals surface area contributed by atoms with Gasteiger partial charge in [-0.15, -0.1) is 10.2 Å². The largest absolute Gasteiger partial charge is 0.342 e. The molecule has 1 aliphatic rings. The molecule has 1 saturated carbocycles. The van der Waals surface area contributed by atoms with Crippen LogP contribution in [-0.2, 0) is 4.79 Å². The molecule has 0 unspecified atom stereocenters. The first kappa shape index (κ1) is 20.6. The summed E-state index contributed by atoms with van der Waals surface area (Å²) in [6, 6.07) is 12.4. The minimum Gasteiger partial charge on any atom is -0.342 e. The van der Waals surface area contributed by atoms with Gasteiger partial charge in [-0.2, -0.15) is 0 Å². The highest BCUT2D eigenvalue weighted by atomic mass is 32.2. The Balaban J connectivity index is 1.60. The Morgan fingerprint density at radius 3 is 2.67 bits per heavy atom. The van der Waals surface area contributed by atoms with Gasteiger partial charge in [0, 0.05) is 31.0 Å². The minimum absolute atomic E-state index is 0.147. The average molecular weight is 422 g/mol. The first-order valence-electron chi connectivity index (χ1n) is 10.5. The van der Waals surface area contributed by atoms with E-state index in [0.29, 0.717) is 17.0 Å². The van der Waals surface area contributed by atoms with E-state index in [9.17, 15) is 4.79 Å². The molecular formula is C23H27N5OS. The van der Waals surface area contributed by atoms with Gasteiger partial charge in [-0.05, 0) is 43.5 Å². The van der Waals surface area contributed by atoms with Crippen LogP contribution in [0.2, 0.25) is 0 Å². The summed E-state index contributed by atoms with van der Waals surface area (Å²) in [4.78, 5) is 19.0. The first-order chi connectivity index (χ1) is 14.6. The Morgan fingerprint density at radius 1 is 1.13 bits per heavy atom. The maximum atomic E-state index is 12.8. The van der Waals surface area contributed by atoms with Gasteiger partial charge in [0.1, 0.15) is 0 Å². The fourth-order valence-corrected chi connectivity index (χ4v) is 4.85. The molecular weight excluding hydrogens is 394 g/mol. The molecule has 2 aromatic heterocycles. The van der Waals surface area contributed by atoms with Gasteiger partial charge in [-0.25, -0.2) is 0 Å². The second kappa shape index (κ2) is 9.43. The van der Waals surface area contributed by atoms with E-state index < -0.39 is 0 Å². The van der Waals surface area contributed by atoms with Crippen molar-refractivity contribution in [1.29, 1.82) is 0 Å². The van der Waals surface area contributed by atoms with E-state index in [1.54, 1.807) is 12.4 Å². The SMILES string of the molecule is Cc1ccccc1-n1c(SCC(=O)N(C)C2CCCCC2)nnc1-c1cccnc1. The number of aryl methyl sites for hydroxylation is 1. The topological polar surface area (TPSA) is 63.9 Å². The number of amides is 1. The number of carbonyl (C=O) groups is 1. The summed E-state index contributed by atoms with van der Waals surface area (Å²) < 4.78 is 2.03. The zero-order chi connectivity index (χ0) is 20.9. The number of hydrogen-bond acceptors (Lipinski definition) is 5. The predicted molar refractivity (Wildman–Crippen MR) is 120 cm³/mol. The van der Waals surface area contributed by atoms with Gasteiger partial charge in [0.05, 0.1) is 11.4 Å². The van der Waals surface area contributed by atoms with E-state index in [0.717, 1.165) is 35.5 Å². The van der Waals surface area contributed by atoms with Crippen molar-refractivity contribution in [2.45, 2.75) is 50.2 Å².